The minimum atomic E-state index is -4.88. The van der Waals surface area contributed by atoms with Crippen LogP contribution in [0.1, 0.15) is 39.5 Å². The highest BCUT2D eigenvalue weighted by molar-refractivity contribution is 5.95. The summed E-state index contributed by atoms with van der Waals surface area (Å²) in [6.07, 6.45) is -9.76. The number of nitrogens with one attached hydrogen (secondary N) is 1. The van der Waals surface area contributed by atoms with Gasteiger partial charge in [0.25, 0.3) is 0 Å². The first kappa shape index (κ1) is 20.0. The summed E-state index contributed by atoms with van der Waals surface area (Å²) in [6, 6.07) is 8.08. The molecule has 0 unspecified atom stereocenters. The van der Waals surface area contributed by atoms with Crippen molar-refractivity contribution in [2.24, 2.45) is 0 Å². The SMILES string of the molecule is CC(=O)c1ccccc1CNCc1cc(C(F)(F)F)cc(C(F)(F)F)c1. The number of carbonyl (C=O) groups is 1. The van der Waals surface area contributed by atoms with Crippen molar-refractivity contribution < 1.29 is 31.1 Å². The quantitative estimate of drug-likeness (QED) is 0.574. The lowest BCUT2D eigenvalue weighted by Gasteiger charge is -2.15. The predicted molar refractivity (Wildman–Crippen MR) is 83.4 cm³/mol. The van der Waals surface area contributed by atoms with Crippen molar-refractivity contribution in [1.82, 2.24) is 5.32 Å². The first-order chi connectivity index (χ1) is 12.0. The average Bonchev–Trinajstić information content (AvgIpc) is 2.53. The van der Waals surface area contributed by atoms with Gasteiger partial charge in [-0.15, -0.1) is 0 Å². The molecule has 0 atom stereocenters. The third-order valence-corrected chi connectivity index (χ3v) is 3.69. The van der Waals surface area contributed by atoms with Gasteiger partial charge in [0.1, 0.15) is 0 Å². The van der Waals surface area contributed by atoms with E-state index >= 15 is 0 Å². The van der Waals surface area contributed by atoms with Gasteiger partial charge in [-0.3, -0.25) is 4.79 Å². The zero-order valence-corrected chi connectivity index (χ0v) is 13.6. The second-order valence-electron chi connectivity index (χ2n) is 5.73. The third-order valence-electron chi connectivity index (χ3n) is 3.69. The van der Waals surface area contributed by atoms with Crippen LogP contribution in [-0.2, 0) is 25.4 Å². The second-order valence-corrected chi connectivity index (χ2v) is 5.73. The molecule has 26 heavy (non-hydrogen) atoms. The van der Waals surface area contributed by atoms with Gasteiger partial charge in [0.2, 0.25) is 0 Å². The zero-order chi connectivity index (χ0) is 19.5. The fraction of sp³-hybridized carbons (Fsp3) is 0.278. The molecule has 2 rings (SSSR count). The Labute approximate surface area is 145 Å². The van der Waals surface area contributed by atoms with Crippen LogP contribution < -0.4 is 5.32 Å². The first-order valence-electron chi connectivity index (χ1n) is 7.56. The highest BCUT2D eigenvalue weighted by atomic mass is 19.4. The maximum atomic E-state index is 12.8. The molecule has 0 amide bonds. The molecule has 0 radical (unpaired) electrons. The Kier molecular flexibility index (Phi) is 5.75. The number of hydrogen-bond acceptors (Lipinski definition) is 2. The molecule has 0 heterocycles. The molecule has 0 aromatic heterocycles. The molecule has 8 heteroatoms. The van der Waals surface area contributed by atoms with Crippen LogP contribution in [0.3, 0.4) is 0 Å². The lowest BCUT2D eigenvalue weighted by molar-refractivity contribution is -0.143. The van der Waals surface area contributed by atoms with Crippen LogP contribution >= 0.6 is 0 Å². The smallest absolute Gasteiger partial charge is 0.309 e. The zero-order valence-electron chi connectivity index (χ0n) is 13.6. The van der Waals surface area contributed by atoms with Crippen LogP contribution in [0.4, 0.5) is 26.3 Å². The molecule has 0 aliphatic heterocycles. The van der Waals surface area contributed by atoms with E-state index in [2.05, 4.69) is 5.32 Å². The van der Waals surface area contributed by atoms with Gasteiger partial charge >= 0.3 is 12.4 Å². The van der Waals surface area contributed by atoms with Gasteiger partial charge in [0.15, 0.2) is 5.78 Å². The largest absolute Gasteiger partial charge is 0.416 e. The minimum Gasteiger partial charge on any atom is -0.309 e. The molecule has 2 nitrogen and oxygen atoms in total. The van der Waals surface area contributed by atoms with Gasteiger partial charge < -0.3 is 5.32 Å². The summed E-state index contributed by atoms with van der Waals surface area (Å²) >= 11 is 0. The van der Waals surface area contributed by atoms with Crippen molar-refractivity contribution in [2.45, 2.75) is 32.4 Å². The lowest BCUT2D eigenvalue weighted by atomic mass is 10.0. The molecule has 0 aliphatic rings. The van der Waals surface area contributed by atoms with Gasteiger partial charge in [-0.25, -0.2) is 0 Å². The Morgan fingerprint density at radius 2 is 1.42 bits per heavy atom. The van der Waals surface area contributed by atoms with E-state index in [1.807, 2.05) is 0 Å². The van der Waals surface area contributed by atoms with Crippen LogP contribution in [0.25, 0.3) is 0 Å². The average molecular weight is 375 g/mol. The number of carbonyl (C=O) groups excluding carboxylic acids is 1. The van der Waals surface area contributed by atoms with E-state index in [0.29, 0.717) is 23.3 Å². The summed E-state index contributed by atoms with van der Waals surface area (Å²) in [5.41, 5.74) is -1.79. The van der Waals surface area contributed by atoms with Crippen molar-refractivity contribution >= 4 is 5.78 Å². The lowest BCUT2D eigenvalue weighted by Crippen LogP contribution is -2.17. The van der Waals surface area contributed by atoms with E-state index in [-0.39, 0.29) is 30.5 Å². The van der Waals surface area contributed by atoms with Gasteiger partial charge in [-0.05, 0) is 36.2 Å². The molecule has 2 aromatic rings. The normalized spacial score (nSPS) is 12.3. The van der Waals surface area contributed by atoms with Crippen molar-refractivity contribution in [2.75, 3.05) is 0 Å². The van der Waals surface area contributed by atoms with Crippen LogP contribution in [0.5, 0.6) is 0 Å². The summed E-state index contributed by atoms with van der Waals surface area (Å²) in [7, 11) is 0. The maximum Gasteiger partial charge on any atom is 0.416 e. The van der Waals surface area contributed by atoms with E-state index < -0.39 is 23.5 Å². The monoisotopic (exact) mass is 375 g/mol. The highest BCUT2D eigenvalue weighted by Gasteiger charge is 2.36. The molecule has 140 valence electrons. The summed E-state index contributed by atoms with van der Waals surface area (Å²) in [6.45, 7) is 1.30. The summed E-state index contributed by atoms with van der Waals surface area (Å²) in [5.74, 6) is -0.180. The molecule has 0 saturated heterocycles. The number of rotatable bonds is 5. The van der Waals surface area contributed by atoms with E-state index in [4.69, 9.17) is 0 Å². The van der Waals surface area contributed by atoms with Gasteiger partial charge in [0.05, 0.1) is 11.1 Å². The fourth-order valence-corrected chi connectivity index (χ4v) is 2.48. The van der Waals surface area contributed by atoms with Crippen molar-refractivity contribution in [3.05, 3.63) is 70.3 Å². The number of hydrogen-bond donors (Lipinski definition) is 1. The number of halogens is 6. The number of benzene rings is 2. The second kappa shape index (κ2) is 7.49. The standard InChI is InChI=1S/C18H15F6NO/c1-11(26)16-5-3-2-4-13(16)10-25-9-12-6-14(17(19,20)21)8-15(7-12)18(22,23)24/h2-8,25H,9-10H2,1H3. The van der Waals surface area contributed by atoms with Crippen LogP contribution in [-0.4, -0.2) is 5.78 Å². The van der Waals surface area contributed by atoms with E-state index in [1.54, 1.807) is 24.3 Å². The Hall–Kier alpha value is -2.35. The number of ketones is 1. The van der Waals surface area contributed by atoms with Crippen molar-refractivity contribution in [3.63, 3.8) is 0 Å². The number of Topliss-reactive ketones (excluding diaryl/α,β-unsaturated/α-hetero) is 1. The Morgan fingerprint density at radius 1 is 0.885 bits per heavy atom. The van der Waals surface area contributed by atoms with E-state index in [1.165, 1.54) is 6.92 Å². The van der Waals surface area contributed by atoms with E-state index in [9.17, 15) is 31.1 Å². The highest BCUT2D eigenvalue weighted by Crippen LogP contribution is 2.36. The maximum absolute atomic E-state index is 12.8. The summed E-state index contributed by atoms with van der Waals surface area (Å²) < 4.78 is 77.0. The van der Waals surface area contributed by atoms with Gasteiger partial charge in [-0.2, -0.15) is 26.3 Å². The van der Waals surface area contributed by atoms with E-state index in [0.717, 1.165) is 0 Å². The van der Waals surface area contributed by atoms with Gasteiger partial charge in [-0.1, -0.05) is 24.3 Å². The molecular weight excluding hydrogens is 360 g/mol. The molecule has 1 N–H and O–H groups in total. The molecule has 0 saturated carbocycles. The van der Waals surface area contributed by atoms with Crippen LogP contribution in [0.15, 0.2) is 42.5 Å². The molecule has 0 fully saturated rings. The molecule has 0 bridgehead atoms. The molecule has 0 spiro atoms. The molecule has 2 aromatic carbocycles. The minimum absolute atomic E-state index is 0.0918. The topological polar surface area (TPSA) is 29.1 Å². The Bertz CT molecular complexity index is 763. The van der Waals surface area contributed by atoms with Crippen LogP contribution in [0, 0.1) is 0 Å². The number of alkyl halides is 6. The van der Waals surface area contributed by atoms with Crippen molar-refractivity contribution in [3.8, 4) is 0 Å². The third kappa shape index (κ3) is 5.08. The fourth-order valence-electron chi connectivity index (χ4n) is 2.48. The molecular formula is C18H15F6NO. The Balaban J connectivity index is 2.21. The first-order valence-corrected chi connectivity index (χ1v) is 7.56. The molecule has 0 aliphatic carbocycles. The van der Waals surface area contributed by atoms with Gasteiger partial charge in [0, 0.05) is 18.7 Å². The van der Waals surface area contributed by atoms with Crippen LogP contribution in [0.2, 0.25) is 0 Å². The van der Waals surface area contributed by atoms with Crippen molar-refractivity contribution in [1.29, 1.82) is 0 Å². The predicted octanol–water partition coefficient (Wildman–Crippen LogP) is 5.22. The summed E-state index contributed by atoms with van der Waals surface area (Å²) in [4.78, 5) is 11.5. The summed E-state index contributed by atoms with van der Waals surface area (Å²) in [5, 5.41) is 2.78. The Morgan fingerprint density at radius 3 is 1.92 bits per heavy atom.